The summed E-state index contributed by atoms with van der Waals surface area (Å²) < 4.78 is 16.0. The molecule has 1 heterocycles. The maximum atomic E-state index is 11.6. The lowest BCUT2D eigenvalue weighted by atomic mass is 10.2. The molecule has 0 saturated heterocycles. The van der Waals surface area contributed by atoms with Gasteiger partial charge in [0.1, 0.15) is 5.82 Å². The molecule has 0 aliphatic rings. The van der Waals surface area contributed by atoms with Crippen molar-refractivity contribution in [2.75, 3.05) is 32.0 Å². The Bertz CT molecular complexity index is 692. The van der Waals surface area contributed by atoms with E-state index >= 15 is 0 Å². The lowest BCUT2D eigenvalue weighted by Gasteiger charge is -2.15. The van der Waals surface area contributed by atoms with E-state index < -0.39 is 0 Å². The van der Waals surface area contributed by atoms with Gasteiger partial charge in [0.15, 0.2) is 11.5 Å². The number of methoxy groups -OCH3 is 3. The second kappa shape index (κ2) is 8.77. The highest BCUT2D eigenvalue weighted by molar-refractivity contribution is 5.90. The first-order valence-corrected chi connectivity index (χ1v) is 7.94. The molecule has 2 aromatic rings. The standard InChI is InChI=1S/C18H23N3O4/c1-5-6-17(22)21-12-7-8-16(19-11-12)20-13-9-14(23-2)18(25-4)15(10-13)24-3/h7-11H,5-6H2,1-4H3,(H,19,20)(H,21,22). The van der Waals surface area contributed by atoms with Crippen molar-refractivity contribution in [3.05, 3.63) is 30.5 Å². The summed E-state index contributed by atoms with van der Waals surface area (Å²) in [4.78, 5) is 15.9. The number of amides is 1. The zero-order valence-corrected chi connectivity index (χ0v) is 14.9. The summed E-state index contributed by atoms with van der Waals surface area (Å²) in [5, 5.41) is 5.97. The Labute approximate surface area is 147 Å². The number of aromatic nitrogens is 1. The van der Waals surface area contributed by atoms with Crippen LogP contribution in [0.3, 0.4) is 0 Å². The normalized spacial score (nSPS) is 10.1. The van der Waals surface area contributed by atoms with Gasteiger partial charge in [-0.25, -0.2) is 4.98 Å². The summed E-state index contributed by atoms with van der Waals surface area (Å²) in [6, 6.07) is 7.16. The van der Waals surface area contributed by atoms with Crippen molar-refractivity contribution in [1.82, 2.24) is 4.98 Å². The Morgan fingerprint density at radius 3 is 2.20 bits per heavy atom. The van der Waals surface area contributed by atoms with Gasteiger partial charge in [0.2, 0.25) is 11.7 Å². The number of carbonyl (C=O) groups is 1. The minimum absolute atomic E-state index is 0.0189. The molecule has 0 fully saturated rings. The summed E-state index contributed by atoms with van der Waals surface area (Å²) in [6.45, 7) is 1.96. The van der Waals surface area contributed by atoms with Crippen LogP contribution in [-0.2, 0) is 4.79 Å². The first kappa shape index (κ1) is 18.4. The first-order valence-electron chi connectivity index (χ1n) is 7.94. The molecule has 2 rings (SSSR count). The van der Waals surface area contributed by atoms with Gasteiger partial charge in [0, 0.05) is 24.2 Å². The molecular formula is C18H23N3O4. The molecule has 2 N–H and O–H groups in total. The number of benzene rings is 1. The number of anilines is 3. The number of ether oxygens (including phenoxy) is 3. The maximum Gasteiger partial charge on any atom is 0.224 e. The molecule has 0 aliphatic carbocycles. The van der Waals surface area contributed by atoms with Crippen molar-refractivity contribution in [3.63, 3.8) is 0 Å². The van der Waals surface area contributed by atoms with Gasteiger partial charge in [-0.2, -0.15) is 0 Å². The van der Waals surface area contributed by atoms with Gasteiger partial charge in [-0.05, 0) is 18.6 Å². The van der Waals surface area contributed by atoms with Crippen LogP contribution in [-0.4, -0.2) is 32.2 Å². The first-order chi connectivity index (χ1) is 12.1. The van der Waals surface area contributed by atoms with Crippen molar-refractivity contribution in [3.8, 4) is 17.2 Å². The Morgan fingerprint density at radius 2 is 1.72 bits per heavy atom. The van der Waals surface area contributed by atoms with Crippen LogP contribution in [0.1, 0.15) is 19.8 Å². The number of carbonyl (C=O) groups excluding carboxylic acids is 1. The third-order valence-corrected chi connectivity index (χ3v) is 3.46. The van der Waals surface area contributed by atoms with Gasteiger partial charge in [0.25, 0.3) is 0 Å². The highest BCUT2D eigenvalue weighted by atomic mass is 16.5. The summed E-state index contributed by atoms with van der Waals surface area (Å²) in [7, 11) is 4.68. The SMILES string of the molecule is CCCC(=O)Nc1ccc(Nc2cc(OC)c(OC)c(OC)c2)nc1. The van der Waals surface area contributed by atoms with Crippen molar-refractivity contribution < 1.29 is 19.0 Å². The summed E-state index contributed by atoms with van der Waals surface area (Å²) in [6.07, 6.45) is 2.90. The van der Waals surface area contributed by atoms with Crippen LogP contribution in [0.4, 0.5) is 17.2 Å². The van der Waals surface area contributed by atoms with Crippen molar-refractivity contribution in [1.29, 1.82) is 0 Å². The molecular weight excluding hydrogens is 322 g/mol. The fourth-order valence-electron chi connectivity index (χ4n) is 2.29. The molecule has 0 aliphatic heterocycles. The predicted octanol–water partition coefficient (Wildman–Crippen LogP) is 3.59. The molecule has 134 valence electrons. The minimum Gasteiger partial charge on any atom is -0.493 e. The summed E-state index contributed by atoms with van der Waals surface area (Å²) in [5.41, 5.74) is 1.40. The lowest BCUT2D eigenvalue weighted by molar-refractivity contribution is -0.116. The van der Waals surface area contributed by atoms with E-state index in [1.54, 1.807) is 51.8 Å². The fraction of sp³-hybridized carbons (Fsp3) is 0.333. The van der Waals surface area contributed by atoms with Gasteiger partial charge in [-0.3, -0.25) is 4.79 Å². The van der Waals surface area contributed by atoms with Crippen molar-refractivity contribution in [2.45, 2.75) is 19.8 Å². The number of nitrogens with one attached hydrogen (secondary N) is 2. The zero-order valence-electron chi connectivity index (χ0n) is 14.9. The van der Waals surface area contributed by atoms with Crippen LogP contribution >= 0.6 is 0 Å². The number of pyridine rings is 1. The quantitative estimate of drug-likeness (QED) is 0.761. The average molecular weight is 345 g/mol. The topological polar surface area (TPSA) is 81.7 Å². The van der Waals surface area contributed by atoms with Gasteiger partial charge >= 0.3 is 0 Å². The molecule has 0 atom stereocenters. The van der Waals surface area contributed by atoms with Gasteiger partial charge in [0.05, 0.1) is 33.2 Å². The smallest absolute Gasteiger partial charge is 0.224 e. The van der Waals surface area contributed by atoms with Crippen molar-refractivity contribution in [2.24, 2.45) is 0 Å². The summed E-state index contributed by atoms with van der Waals surface area (Å²) >= 11 is 0. The highest BCUT2D eigenvalue weighted by Gasteiger charge is 2.13. The molecule has 1 aromatic heterocycles. The van der Waals surface area contributed by atoms with Crippen LogP contribution in [0.15, 0.2) is 30.5 Å². The van der Waals surface area contributed by atoms with E-state index in [9.17, 15) is 4.79 Å². The molecule has 0 saturated carbocycles. The summed E-state index contributed by atoms with van der Waals surface area (Å²) in [5.74, 6) is 2.23. The number of hydrogen-bond acceptors (Lipinski definition) is 6. The monoisotopic (exact) mass is 345 g/mol. The Balaban J connectivity index is 2.15. The number of hydrogen-bond donors (Lipinski definition) is 2. The Morgan fingerprint density at radius 1 is 1.04 bits per heavy atom. The van der Waals surface area contributed by atoms with E-state index in [-0.39, 0.29) is 5.91 Å². The largest absolute Gasteiger partial charge is 0.493 e. The maximum absolute atomic E-state index is 11.6. The molecule has 0 unspecified atom stereocenters. The predicted molar refractivity (Wildman–Crippen MR) is 97.2 cm³/mol. The average Bonchev–Trinajstić information content (AvgIpc) is 2.62. The minimum atomic E-state index is -0.0189. The fourth-order valence-corrected chi connectivity index (χ4v) is 2.29. The van der Waals surface area contributed by atoms with Crippen LogP contribution in [0.25, 0.3) is 0 Å². The second-order valence-corrected chi connectivity index (χ2v) is 5.27. The van der Waals surface area contributed by atoms with E-state index in [0.717, 1.165) is 12.1 Å². The Hall–Kier alpha value is -2.96. The molecule has 7 heteroatoms. The number of nitrogens with zero attached hydrogens (tertiary/aromatic N) is 1. The lowest BCUT2D eigenvalue weighted by Crippen LogP contribution is -2.10. The molecule has 25 heavy (non-hydrogen) atoms. The van der Waals surface area contributed by atoms with E-state index in [0.29, 0.717) is 35.2 Å². The van der Waals surface area contributed by atoms with Crippen LogP contribution in [0.2, 0.25) is 0 Å². The number of rotatable bonds is 8. The third kappa shape index (κ3) is 4.76. The van der Waals surface area contributed by atoms with E-state index in [4.69, 9.17) is 14.2 Å². The van der Waals surface area contributed by atoms with Gasteiger partial charge in [-0.1, -0.05) is 6.92 Å². The van der Waals surface area contributed by atoms with E-state index in [2.05, 4.69) is 15.6 Å². The molecule has 1 amide bonds. The molecule has 0 bridgehead atoms. The van der Waals surface area contributed by atoms with E-state index in [1.807, 2.05) is 6.92 Å². The van der Waals surface area contributed by atoms with Gasteiger partial charge in [-0.15, -0.1) is 0 Å². The molecule has 0 spiro atoms. The van der Waals surface area contributed by atoms with Crippen LogP contribution < -0.4 is 24.8 Å². The molecule has 7 nitrogen and oxygen atoms in total. The van der Waals surface area contributed by atoms with Crippen LogP contribution in [0, 0.1) is 0 Å². The van der Waals surface area contributed by atoms with E-state index in [1.165, 1.54) is 0 Å². The van der Waals surface area contributed by atoms with Crippen LogP contribution in [0.5, 0.6) is 17.2 Å². The second-order valence-electron chi connectivity index (χ2n) is 5.27. The third-order valence-electron chi connectivity index (χ3n) is 3.46. The highest BCUT2D eigenvalue weighted by Crippen LogP contribution is 2.40. The molecule has 1 aromatic carbocycles. The van der Waals surface area contributed by atoms with Crippen molar-refractivity contribution >= 4 is 23.1 Å². The Kier molecular flexibility index (Phi) is 6.45. The zero-order chi connectivity index (χ0) is 18.2. The molecule has 0 radical (unpaired) electrons. The van der Waals surface area contributed by atoms with Gasteiger partial charge < -0.3 is 24.8 Å².